The van der Waals surface area contributed by atoms with Crippen LogP contribution < -0.4 is 16.3 Å². The van der Waals surface area contributed by atoms with Crippen molar-refractivity contribution in [2.75, 3.05) is 5.53 Å². The Labute approximate surface area is 226 Å². The normalized spacial score (nSPS) is 12.2. The Hall–Kier alpha value is -5.16. The number of para-hydroxylation sites is 2. The molecule has 0 aliphatic heterocycles. The van der Waals surface area contributed by atoms with Crippen LogP contribution in [0.2, 0.25) is 0 Å². The van der Waals surface area contributed by atoms with E-state index in [1.54, 1.807) is 0 Å². The van der Waals surface area contributed by atoms with Gasteiger partial charge in [-0.3, -0.25) is 5.43 Å². The van der Waals surface area contributed by atoms with Gasteiger partial charge in [-0.05, 0) is 30.7 Å². The molecule has 0 fully saturated rings. The molecule has 0 saturated heterocycles. The molecule has 39 heavy (non-hydrogen) atoms. The lowest BCUT2D eigenvalue weighted by atomic mass is 10.1. The van der Waals surface area contributed by atoms with Gasteiger partial charge in [-0.25, -0.2) is 10.2 Å². The van der Waals surface area contributed by atoms with Gasteiger partial charge in [0.1, 0.15) is 0 Å². The van der Waals surface area contributed by atoms with Gasteiger partial charge >= 0.3 is 0 Å². The molecule has 0 atom stereocenters. The first-order valence-electron chi connectivity index (χ1n) is 13.3. The average molecular weight is 508 g/mol. The number of hydrogen-bond donors (Lipinski definition) is 4. The minimum absolute atomic E-state index is 0.746. The molecule has 0 aliphatic carbocycles. The predicted molar refractivity (Wildman–Crippen MR) is 164 cm³/mol. The van der Waals surface area contributed by atoms with E-state index in [4.69, 9.17) is 0 Å². The molecule has 0 spiro atoms. The summed E-state index contributed by atoms with van der Waals surface area (Å²) >= 11 is 0. The second-order valence-corrected chi connectivity index (χ2v) is 9.85. The smallest absolute Gasteiger partial charge is 0.0825 e. The molecular weight excluding hydrogens is 478 g/mol. The van der Waals surface area contributed by atoms with E-state index >= 15 is 0 Å². The highest BCUT2D eigenvalue weighted by molar-refractivity contribution is 6.24. The van der Waals surface area contributed by atoms with Crippen LogP contribution in [0.3, 0.4) is 0 Å². The Morgan fingerprint density at radius 1 is 0.667 bits per heavy atom. The number of hydrazine groups is 1. The van der Waals surface area contributed by atoms with Gasteiger partial charge in [-0.1, -0.05) is 103 Å². The zero-order valence-electron chi connectivity index (χ0n) is 21.7. The van der Waals surface area contributed by atoms with Crippen molar-refractivity contribution in [3.05, 3.63) is 138 Å². The van der Waals surface area contributed by atoms with Crippen molar-refractivity contribution in [1.82, 2.24) is 20.4 Å². The predicted octanol–water partition coefficient (Wildman–Crippen LogP) is 7.66. The molecule has 5 aromatic carbocycles. The van der Waals surface area contributed by atoms with E-state index in [0.717, 1.165) is 45.6 Å². The third-order valence-corrected chi connectivity index (χ3v) is 7.43. The molecule has 7 aromatic rings. The van der Waals surface area contributed by atoms with Crippen molar-refractivity contribution >= 4 is 49.3 Å². The molecule has 4 N–H and O–H groups in total. The Bertz CT molecular complexity index is 1960. The summed E-state index contributed by atoms with van der Waals surface area (Å²) in [5.41, 5.74) is 16.1. The third-order valence-electron chi connectivity index (χ3n) is 7.43. The number of nitrogens with zero attached hydrogens (tertiary/aromatic N) is 1. The fourth-order valence-electron chi connectivity index (χ4n) is 5.52. The molecule has 0 aliphatic rings. The summed E-state index contributed by atoms with van der Waals surface area (Å²) in [6, 6.07) is 42.4. The SMILES string of the molecule is C/C(NCc1ccccc1)=C(\NNn1c2ccccc2c2ccc3[nH]c4ccccc4c3c21)c1ccccc1. The number of hydrogen-bond acceptors (Lipinski definition) is 3. The van der Waals surface area contributed by atoms with Gasteiger partial charge in [0, 0.05) is 50.4 Å². The minimum atomic E-state index is 0.746. The molecule has 5 heteroatoms. The summed E-state index contributed by atoms with van der Waals surface area (Å²) < 4.78 is 2.18. The Morgan fingerprint density at radius 3 is 2.18 bits per heavy atom. The zero-order valence-corrected chi connectivity index (χ0v) is 21.7. The molecule has 2 aromatic heterocycles. The molecule has 0 amide bonds. The number of aromatic nitrogens is 2. The van der Waals surface area contributed by atoms with Crippen molar-refractivity contribution in [3.8, 4) is 0 Å². The van der Waals surface area contributed by atoms with Crippen LogP contribution in [-0.2, 0) is 6.54 Å². The van der Waals surface area contributed by atoms with Crippen molar-refractivity contribution in [2.45, 2.75) is 13.5 Å². The summed E-state index contributed by atoms with van der Waals surface area (Å²) in [7, 11) is 0. The zero-order chi connectivity index (χ0) is 26.2. The Morgan fingerprint density at radius 2 is 1.36 bits per heavy atom. The molecule has 190 valence electrons. The first-order chi connectivity index (χ1) is 19.3. The second kappa shape index (κ2) is 9.62. The molecule has 7 rings (SSSR count). The summed E-state index contributed by atoms with van der Waals surface area (Å²) in [6.45, 7) is 2.86. The maximum absolute atomic E-state index is 3.61. The number of nitrogens with one attached hydrogen (secondary N) is 4. The van der Waals surface area contributed by atoms with Crippen LogP contribution in [0.5, 0.6) is 0 Å². The minimum Gasteiger partial charge on any atom is -0.383 e. The van der Waals surface area contributed by atoms with E-state index < -0.39 is 0 Å². The summed E-state index contributed by atoms with van der Waals surface area (Å²) in [5, 5.41) is 8.45. The van der Waals surface area contributed by atoms with E-state index in [9.17, 15) is 0 Å². The quantitative estimate of drug-likeness (QED) is 0.168. The first kappa shape index (κ1) is 23.0. The highest BCUT2D eigenvalue weighted by atomic mass is 15.6. The van der Waals surface area contributed by atoms with Gasteiger partial charge < -0.3 is 10.3 Å². The number of benzene rings is 5. The van der Waals surface area contributed by atoms with E-state index in [-0.39, 0.29) is 0 Å². The van der Waals surface area contributed by atoms with E-state index in [0.29, 0.717) is 0 Å². The van der Waals surface area contributed by atoms with Gasteiger partial charge in [0.2, 0.25) is 0 Å². The largest absolute Gasteiger partial charge is 0.383 e. The van der Waals surface area contributed by atoms with Crippen molar-refractivity contribution < 1.29 is 0 Å². The maximum atomic E-state index is 3.61. The van der Waals surface area contributed by atoms with Gasteiger partial charge in [-0.2, -0.15) is 0 Å². The van der Waals surface area contributed by atoms with Crippen LogP contribution in [0.25, 0.3) is 49.3 Å². The number of H-pyrrole nitrogens is 1. The van der Waals surface area contributed by atoms with Crippen LogP contribution in [0.15, 0.2) is 127 Å². The fraction of sp³-hybridized carbons (Fsp3) is 0.0588. The monoisotopic (exact) mass is 507 g/mol. The lowest BCUT2D eigenvalue weighted by Gasteiger charge is -2.20. The molecule has 0 radical (unpaired) electrons. The van der Waals surface area contributed by atoms with Crippen molar-refractivity contribution in [2.24, 2.45) is 0 Å². The van der Waals surface area contributed by atoms with Crippen LogP contribution in [0.1, 0.15) is 18.1 Å². The number of rotatable bonds is 7. The fourth-order valence-corrected chi connectivity index (χ4v) is 5.52. The van der Waals surface area contributed by atoms with Crippen molar-refractivity contribution in [3.63, 3.8) is 0 Å². The van der Waals surface area contributed by atoms with E-state index in [2.05, 4.69) is 142 Å². The average Bonchev–Trinajstić information content (AvgIpc) is 3.53. The summed E-state index contributed by atoms with van der Waals surface area (Å²) in [4.78, 5) is 3.60. The van der Waals surface area contributed by atoms with E-state index in [1.165, 1.54) is 27.1 Å². The Balaban J connectivity index is 1.35. The topological polar surface area (TPSA) is 56.8 Å². The van der Waals surface area contributed by atoms with Gasteiger partial charge in [-0.15, -0.1) is 0 Å². The van der Waals surface area contributed by atoms with Crippen LogP contribution >= 0.6 is 0 Å². The van der Waals surface area contributed by atoms with Crippen molar-refractivity contribution in [1.29, 1.82) is 0 Å². The molecular formula is C34H29N5. The maximum Gasteiger partial charge on any atom is 0.0825 e. The third kappa shape index (κ3) is 4.05. The molecule has 0 bridgehead atoms. The van der Waals surface area contributed by atoms with E-state index in [1.807, 2.05) is 12.1 Å². The van der Waals surface area contributed by atoms with Gasteiger partial charge in [0.25, 0.3) is 0 Å². The summed E-state index contributed by atoms with van der Waals surface area (Å²) in [6.07, 6.45) is 0. The number of aromatic amines is 1. The first-order valence-corrected chi connectivity index (χ1v) is 13.3. The Kier molecular flexibility index (Phi) is 5.67. The summed E-state index contributed by atoms with van der Waals surface area (Å²) in [5.74, 6) is 0. The highest BCUT2D eigenvalue weighted by Crippen LogP contribution is 2.37. The molecule has 0 saturated carbocycles. The molecule has 5 nitrogen and oxygen atoms in total. The lowest BCUT2D eigenvalue weighted by Crippen LogP contribution is -2.31. The second-order valence-electron chi connectivity index (χ2n) is 9.85. The molecule has 0 unspecified atom stereocenters. The van der Waals surface area contributed by atoms with Gasteiger partial charge in [0.15, 0.2) is 0 Å². The number of allylic oxidation sites excluding steroid dienone is 1. The van der Waals surface area contributed by atoms with Crippen LogP contribution in [-0.4, -0.2) is 9.66 Å². The van der Waals surface area contributed by atoms with Crippen LogP contribution in [0.4, 0.5) is 0 Å². The lowest BCUT2D eigenvalue weighted by molar-refractivity contribution is 0.788. The highest BCUT2D eigenvalue weighted by Gasteiger charge is 2.17. The number of fused-ring (bicyclic) bond motifs is 7. The van der Waals surface area contributed by atoms with Gasteiger partial charge in [0.05, 0.1) is 16.7 Å². The molecule has 2 heterocycles. The standard InChI is InChI=1S/C34H29N5/c1-23(35-22-24-12-4-2-5-13-24)33(25-14-6-3-7-15-25)37-38-39-31-19-11-9-16-26(31)27-20-21-30-32(34(27)39)28-17-8-10-18-29(28)36-30/h2-21,35-38H,22H2,1H3/b33-23+. The van der Waals surface area contributed by atoms with Crippen LogP contribution in [0, 0.1) is 0 Å².